The number of rotatable bonds is 4. The Kier molecular flexibility index (Phi) is 4.67. The summed E-state index contributed by atoms with van der Waals surface area (Å²) in [6.45, 7) is 7.00. The molecule has 20 heavy (non-hydrogen) atoms. The van der Waals surface area contributed by atoms with Crippen LogP contribution in [0, 0.1) is 0 Å². The van der Waals surface area contributed by atoms with Gasteiger partial charge in [-0.1, -0.05) is 0 Å². The predicted octanol–water partition coefficient (Wildman–Crippen LogP) is 1.88. The van der Waals surface area contributed by atoms with Crippen molar-refractivity contribution in [1.82, 2.24) is 4.31 Å². The van der Waals surface area contributed by atoms with Crippen LogP contribution >= 0.6 is 0 Å². The third-order valence-electron chi connectivity index (χ3n) is 3.16. The molecule has 0 radical (unpaired) electrons. The molecular formula is C14H21NO4S. The molecule has 2 atom stereocenters. The van der Waals surface area contributed by atoms with E-state index in [9.17, 15) is 8.42 Å². The van der Waals surface area contributed by atoms with Gasteiger partial charge in [-0.3, -0.25) is 0 Å². The third-order valence-corrected chi connectivity index (χ3v) is 5.00. The molecule has 0 unspecified atom stereocenters. The zero-order valence-electron chi connectivity index (χ0n) is 12.1. The monoisotopic (exact) mass is 299 g/mol. The minimum absolute atomic E-state index is 0.0868. The predicted molar refractivity (Wildman–Crippen MR) is 76.4 cm³/mol. The van der Waals surface area contributed by atoms with Crippen molar-refractivity contribution in [2.75, 3.05) is 19.7 Å². The van der Waals surface area contributed by atoms with Crippen LogP contribution in [0.15, 0.2) is 29.2 Å². The molecule has 1 saturated heterocycles. The Morgan fingerprint density at radius 3 is 2.25 bits per heavy atom. The summed E-state index contributed by atoms with van der Waals surface area (Å²) in [7, 11) is -3.46. The van der Waals surface area contributed by atoms with Gasteiger partial charge >= 0.3 is 0 Å². The highest BCUT2D eigenvalue weighted by Crippen LogP contribution is 2.23. The number of morpholine rings is 1. The van der Waals surface area contributed by atoms with E-state index in [0.29, 0.717) is 30.3 Å². The summed E-state index contributed by atoms with van der Waals surface area (Å²) in [5, 5.41) is 0. The van der Waals surface area contributed by atoms with Gasteiger partial charge in [-0.25, -0.2) is 8.42 Å². The summed E-state index contributed by atoms with van der Waals surface area (Å²) in [4.78, 5) is 0.294. The first-order valence-corrected chi connectivity index (χ1v) is 8.26. The lowest BCUT2D eigenvalue weighted by molar-refractivity contribution is -0.0440. The lowest BCUT2D eigenvalue weighted by Gasteiger charge is -2.34. The normalized spacial score (nSPS) is 24.6. The first-order chi connectivity index (χ1) is 9.43. The second-order valence-electron chi connectivity index (χ2n) is 4.98. The van der Waals surface area contributed by atoms with E-state index in [0.717, 1.165) is 0 Å². The number of hydrogen-bond acceptors (Lipinski definition) is 4. The van der Waals surface area contributed by atoms with Gasteiger partial charge in [0.05, 0.1) is 23.7 Å². The summed E-state index contributed by atoms with van der Waals surface area (Å²) in [6, 6.07) is 6.55. The maximum atomic E-state index is 12.6. The molecule has 0 aliphatic carbocycles. The van der Waals surface area contributed by atoms with E-state index in [1.54, 1.807) is 24.3 Å². The van der Waals surface area contributed by atoms with Crippen LogP contribution in [0.1, 0.15) is 20.8 Å². The zero-order valence-corrected chi connectivity index (χ0v) is 12.9. The molecule has 0 saturated carbocycles. The van der Waals surface area contributed by atoms with Gasteiger partial charge in [0.15, 0.2) is 0 Å². The number of nitrogens with zero attached hydrogens (tertiary/aromatic N) is 1. The summed E-state index contributed by atoms with van der Waals surface area (Å²) in [5.74, 6) is 0.676. The van der Waals surface area contributed by atoms with Crippen molar-refractivity contribution in [1.29, 1.82) is 0 Å². The standard InChI is InChI=1S/C14H21NO4S/c1-4-18-13-5-7-14(8-6-13)20(16,17)15-9-11(2)19-12(3)10-15/h5-8,11-12H,4,9-10H2,1-3H3/t11-,12+. The van der Waals surface area contributed by atoms with E-state index in [-0.39, 0.29) is 12.2 Å². The summed E-state index contributed by atoms with van der Waals surface area (Å²) >= 11 is 0. The van der Waals surface area contributed by atoms with Gasteiger partial charge in [0.25, 0.3) is 0 Å². The van der Waals surface area contributed by atoms with Crippen molar-refractivity contribution in [3.8, 4) is 5.75 Å². The summed E-state index contributed by atoms with van der Waals surface area (Å²) in [5.41, 5.74) is 0. The molecule has 0 spiro atoms. The molecule has 1 aromatic carbocycles. The highest BCUT2D eigenvalue weighted by Gasteiger charge is 2.32. The van der Waals surface area contributed by atoms with Gasteiger partial charge in [-0.2, -0.15) is 4.31 Å². The quantitative estimate of drug-likeness (QED) is 0.852. The molecule has 0 amide bonds. The highest BCUT2D eigenvalue weighted by atomic mass is 32.2. The maximum Gasteiger partial charge on any atom is 0.243 e. The van der Waals surface area contributed by atoms with Crippen molar-refractivity contribution in [3.63, 3.8) is 0 Å². The second kappa shape index (κ2) is 6.11. The van der Waals surface area contributed by atoms with Crippen molar-refractivity contribution in [2.45, 2.75) is 37.9 Å². The van der Waals surface area contributed by atoms with Crippen LogP contribution in [0.3, 0.4) is 0 Å². The Bertz CT molecular complexity index is 531. The number of sulfonamides is 1. The molecule has 0 bridgehead atoms. The fraction of sp³-hybridized carbons (Fsp3) is 0.571. The van der Waals surface area contributed by atoms with Crippen LogP contribution in [0.25, 0.3) is 0 Å². The highest BCUT2D eigenvalue weighted by molar-refractivity contribution is 7.89. The summed E-state index contributed by atoms with van der Waals surface area (Å²) in [6.07, 6.45) is -0.174. The first-order valence-electron chi connectivity index (χ1n) is 6.82. The fourth-order valence-corrected chi connectivity index (χ4v) is 3.94. The minimum Gasteiger partial charge on any atom is -0.494 e. The fourth-order valence-electron chi connectivity index (χ4n) is 2.35. The Balaban J connectivity index is 2.21. The van der Waals surface area contributed by atoms with Crippen molar-refractivity contribution >= 4 is 10.0 Å². The smallest absolute Gasteiger partial charge is 0.243 e. The van der Waals surface area contributed by atoms with Crippen LogP contribution in [-0.2, 0) is 14.8 Å². The van der Waals surface area contributed by atoms with Gasteiger partial charge in [-0.15, -0.1) is 0 Å². The maximum absolute atomic E-state index is 12.6. The average molecular weight is 299 g/mol. The first kappa shape index (κ1) is 15.3. The lowest BCUT2D eigenvalue weighted by atomic mass is 10.3. The Morgan fingerprint density at radius 1 is 1.20 bits per heavy atom. The SMILES string of the molecule is CCOc1ccc(S(=O)(=O)N2C[C@@H](C)O[C@@H](C)C2)cc1. The molecule has 1 fully saturated rings. The lowest BCUT2D eigenvalue weighted by Crippen LogP contribution is -2.48. The van der Waals surface area contributed by atoms with E-state index in [1.165, 1.54) is 4.31 Å². The minimum atomic E-state index is -3.46. The number of hydrogen-bond donors (Lipinski definition) is 0. The van der Waals surface area contributed by atoms with Gasteiger partial charge in [0, 0.05) is 13.1 Å². The number of benzene rings is 1. The van der Waals surface area contributed by atoms with Crippen LogP contribution in [0.4, 0.5) is 0 Å². The molecule has 0 aromatic heterocycles. The van der Waals surface area contributed by atoms with E-state index in [2.05, 4.69) is 0 Å². The van der Waals surface area contributed by atoms with Crippen molar-refractivity contribution in [3.05, 3.63) is 24.3 Å². The molecule has 2 rings (SSSR count). The molecular weight excluding hydrogens is 278 g/mol. The van der Waals surface area contributed by atoms with Crippen molar-refractivity contribution < 1.29 is 17.9 Å². The van der Waals surface area contributed by atoms with Crippen LogP contribution in [0.2, 0.25) is 0 Å². The van der Waals surface area contributed by atoms with Gasteiger partial charge in [0.2, 0.25) is 10.0 Å². The Labute approximate surface area is 120 Å². The third kappa shape index (κ3) is 3.31. The van der Waals surface area contributed by atoms with Crippen molar-refractivity contribution in [2.24, 2.45) is 0 Å². The van der Waals surface area contributed by atoms with Crippen LogP contribution < -0.4 is 4.74 Å². The van der Waals surface area contributed by atoms with Gasteiger partial charge in [-0.05, 0) is 45.0 Å². The zero-order chi connectivity index (χ0) is 14.8. The molecule has 0 N–H and O–H groups in total. The molecule has 1 heterocycles. The average Bonchev–Trinajstić information content (AvgIpc) is 2.38. The number of ether oxygens (including phenoxy) is 2. The molecule has 1 aromatic rings. The molecule has 1 aliphatic heterocycles. The molecule has 112 valence electrons. The molecule has 1 aliphatic rings. The largest absolute Gasteiger partial charge is 0.494 e. The molecule has 5 nitrogen and oxygen atoms in total. The van der Waals surface area contributed by atoms with Gasteiger partial charge in [0.1, 0.15) is 5.75 Å². The van der Waals surface area contributed by atoms with E-state index in [4.69, 9.17) is 9.47 Å². The second-order valence-corrected chi connectivity index (χ2v) is 6.92. The Hall–Kier alpha value is -1.11. The van der Waals surface area contributed by atoms with Gasteiger partial charge < -0.3 is 9.47 Å². The van der Waals surface area contributed by atoms with E-state index >= 15 is 0 Å². The topological polar surface area (TPSA) is 55.8 Å². The van der Waals surface area contributed by atoms with E-state index in [1.807, 2.05) is 20.8 Å². The van der Waals surface area contributed by atoms with E-state index < -0.39 is 10.0 Å². The van der Waals surface area contributed by atoms with Crippen LogP contribution in [-0.4, -0.2) is 44.6 Å². The summed E-state index contributed by atoms with van der Waals surface area (Å²) < 4.78 is 37.5. The van der Waals surface area contributed by atoms with Crippen LogP contribution in [0.5, 0.6) is 5.75 Å². The molecule has 6 heteroatoms. The Morgan fingerprint density at radius 2 is 1.75 bits per heavy atom.